The lowest BCUT2D eigenvalue weighted by Crippen LogP contribution is -2.32. The predicted octanol–water partition coefficient (Wildman–Crippen LogP) is 2.90. The van der Waals surface area contributed by atoms with E-state index in [2.05, 4.69) is 23.9 Å². The summed E-state index contributed by atoms with van der Waals surface area (Å²) in [7, 11) is 7.73. The molecule has 0 heterocycles. The summed E-state index contributed by atoms with van der Waals surface area (Å²) in [6.07, 6.45) is 0.394. The summed E-state index contributed by atoms with van der Waals surface area (Å²) in [5, 5.41) is 10.2. The van der Waals surface area contributed by atoms with Crippen molar-refractivity contribution in [3.63, 3.8) is 0 Å². The van der Waals surface area contributed by atoms with Gasteiger partial charge in [0.2, 0.25) is 0 Å². The monoisotopic (exact) mass is 402 g/mol. The van der Waals surface area contributed by atoms with Gasteiger partial charge >= 0.3 is 0 Å². The number of rotatable bonds is 13. The molecule has 2 aromatic rings. The van der Waals surface area contributed by atoms with Gasteiger partial charge in [0.25, 0.3) is 0 Å². The van der Waals surface area contributed by atoms with Crippen molar-refractivity contribution in [3.8, 4) is 17.2 Å². The first kappa shape index (κ1) is 23.0. The van der Waals surface area contributed by atoms with E-state index in [4.69, 9.17) is 14.2 Å². The summed E-state index contributed by atoms with van der Waals surface area (Å²) in [5.74, 6) is 2.25. The molecule has 0 radical (unpaired) electrons. The van der Waals surface area contributed by atoms with Crippen LogP contribution in [0.25, 0.3) is 0 Å². The number of ether oxygens (including phenoxy) is 3. The lowest BCUT2D eigenvalue weighted by molar-refractivity contribution is 0.0744. The minimum absolute atomic E-state index is 0.261. The fraction of sp³-hybridized carbons (Fsp3) is 0.478. The van der Waals surface area contributed by atoms with Gasteiger partial charge in [0.05, 0.1) is 13.7 Å². The van der Waals surface area contributed by atoms with Crippen LogP contribution in [0.2, 0.25) is 0 Å². The van der Waals surface area contributed by atoms with Gasteiger partial charge in [-0.1, -0.05) is 24.3 Å². The molecule has 0 aliphatic heterocycles. The highest BCUT2D eigenvalue weighted by atomic mass is 16.5. The van der Waals surface area contributed by atoms with Crippen LogP contribution >= 0.6 is 0 Å². The molecule has 1 unspecified atom stereocenters. The van der Waals surface area contributed by atoms with Crippen LogP contribution in [0.3, 0.4) is 0 Å². The first-order valence-corrected chi connectivity index (χ1v) is 9.97. The fourth-order valence-corrected chi connectivity index (χ4v) is 2.99. The highest BCUT2D eigenvalue weighted by Crippen LogP contribution is 2.28. The zero-order chi connectivity index (χ0) is 21.1. The third-order valence-electron chi connectivity index (χ3n) is 4.40. The zero-order valence-corrected chi connectivity index (χ0v) is 18.0. The first-order valence-electron chi connectivity index (χ1n) is 9.97. The molecular weight excluding hydrogens is 368 g/mol. The molecule has 29 heavy (non-hydrogen) atoms. The molecule has 0 amide bonds. The number of likely N-dealkylation sites (N-methyl/N-ethyl adjacent to an activating group) is 1. The summed E-state index contributed by atoms with van der Waals surface area (Å²) in [6.45, 7) is 3.11. The van der Waals surface area contributed by atoms with Crippen LogP contribution in [-0.2, 0) is 6.54 Å². The van der Waals surface area contributed by atoms with Crippen LogP contribution in [-0.4, -0.2) is 75.6 Å². The molecule has 1 N–H and O–H groups in total. The average Bonchev–Trinajstić information content (AvgIpc) is 2.71. The van der Waals surface area contributed by atoms with Gasteiger partial charge in [0.15, 0.2) is 11.5 Å². The Morgan fingerprint density at radius 1 is 0.966 bits per heavy atom. The lowest BCUT2D eigenvalue weighted by atomic mass is 10.2. The topological polar surface area (TPSA) is 54.4 Å². The van der Waals surface area contributed by atoms with Gasteiger partial charge in [-0.05, 0) is 57.4 Å². The Morgan fingerprint density at radius 2 is 1.72 bits per heavy atom. The molecule has 160 valence electrons. The van der Waals surface area contributed by atoms with Crippen LogP contribution in [0.4, 0.5) is 0 Å². The Kier molecular flexibility index (Phi) is 9.77. The molecule has 0 fully saturated rings. The number of hydrogen-bond acceptors (Lipinski definition) is 6. The summed E-state index contributed by atoms with van der Waals surface area (Å²) < 4.78 is 17.0. The van der Waals surface area contributed by atoms with Crippen molar-refractivity contribution in [2.24, 2.45) is 0 Å². The molecule has 0 spiro atoms. The second kappa shape index (κ2) is 12.3. The number of aliphatic hydroxyl groups excluding tert-OH is 1. The Labute approximate surface area is 174 Å². The number of hydrogen-bond donors (Lipinski definition) is 1. The third-order valence-corrected chi connectivity index (χ3v) is 4.40. The number of para-hydroxylation sites is 1. The predicted molar refractivity (Wildman–Crippen MR) is 116 cm³/mol. The van der Waals surface area contributed by atoms with Gasteiger partial charge in [-0.2, -0.15) is 0 Å². The Hall–Kier alpha value is -2.28. The molecule has 0 saturated carbocycles. The molecule has 1 atom stereocenters. The third kappa shape index (κ3) is 8.73. The molecule has 0 aromatic heterocycles. The highest BCUT2D eigenvalue weighted by Gasteiger charge is 2.12. The van der Waals surface area contributed by atoms with Gasteiger partial charge in [-0.3, -0.25) is 4.90 Å². The smallest absolute Gasteiger partial charge is 0.161 e. The number of methoxy groups -OCH3 is 1. The van der Waals surface area contributed by atoms with E-state index >= 15 is 0 Å². The van der Waals surface area contributed by atoms with Crippen molar-refractivity contribution in [2.75, 3.05) is 54.6 Å². The van der Waals surface area contributed by atoms with Crippen LogP contribution < -0.4 is 14.2 Å². The molecule has 6 nitrogen and oxygen atoms in total. The zero-order valence-electron chi connectivity index (χ0n) is 18.0. The SMILES string of the molecule is COc1cc(CN(C)CC(O)COc2ccccc2)ccc1OCCCN(C)C. The van der Waals surface area contributed by atoms with Crippen LogP contribution in [0.5, 0.6) is 17.2 Å². The van der Waals surface area contributed by atoms with E-state index in [1.807, 2.05) is 55.6 Å². The van der Waals surface area contributed by atoms with Crippen molar-refractivity contribution in [1.29, 1.82) is 0 Å². The Balaban J connectivity index is 1.80. The molecule has 6 heteroatoms. The van der Waals surface area contributed by atoms with Gasteiger partial charge in [-0.15, -0.1) is 0 Å². The number of nitrogens with zero attached hydrogens (tertiary/aromatic N) is 2. The maximum atomic E-state index is 10.2. The maximum absolute atomic E-state index is 10.2. The lowest BCUT2D eigenvalue weighted by Gasteiger charge is -2.21. The first-order chi connectivity index (χ1) is 14.0. The average molecular weight is 403 g/mol. The van der Waals surface area contributed by atoms with E-state index in [9.17, 15) is 5.11 Å². The maximum Gasteiger partial charge on any atom is 0.161 e. The fourth-order valence-electron chi connectivity index (χ4n) is 2.99. The Bertz CT molecular complexity index is 709. The van der Waals surface area contributed by atoms with Crippen LogP contribution in [0, 0.1) is 0 Å². The van der Waals surface area contributed by atoms with Crippen molar-refractivity contribution in [2.45, 2.75) is 19.1 Å². The second-order valence-electron chi connectivity index (χ2n) is 7.47. The van der Waals surface area contributed by atoms with E-state index in [1.165, 1.54) is 0 Å². The van der Waals surface area contributed by atoms with Crippen molar-refractivity contribution >= 4 is 0 Å². The normalized spacial score (nSPS) is 12.2. The minimum atomic E-state index is -0.568. The van der Waals surface area contributed by atoms with E-state index in [-0.39, 0.29) is 6.61 Å². The van der Waals surface area contributed by atoms with Crippen molar-refractivity contribution < 1.29 is 19.3 Å². The minimum Gasteiger partial charge on any atom is -0.493 e. The summed E-state index contributed by atoms with van der Waals surface area (Å²) in [6, 6.07) is 15.5. The van der Waals surface area contributed by atoms with E-state index in [1.54, 1.807) is 7.11 Å². The molecule has 0 saturated heterocycles. The van der Waals surface area contributed by atoms with Gasteiger partial charge in [-0.25, -0.2) is 0 Å². The van der Waals surface area contributed by atoms with Gasteiger partial charge < -0.3 is 24.2 Å². The largest absolute Gasteiger partial charge is 0.493 e. The van der Waals surface area contributed by atoms with E-state index in [0.29, 0.717) is 19.7 Å². The molecule has 2 rings (SSSR count). The van der Waals surface area contributed by atoms with Gasteiger partial charge in [0.1, 0.15) is 18.5 Å². The second-order valence-corrected chi connectivity index (χ2v) is 7.47. The van der Waals surface area contributed by atoms with Crippen molar-refractivity contribution in [1.82, 2.24) is 9.80 Å². The van der Waals surface area contributed by atoms with Crippen molar-refractivity contribution in [3.05, 3.63) is 54.1 Å². The van der Waals surface area contributed by atoms with Gasteiger partial charge in [0, 0.05) is 19.6 Å². The molecule has 0 aliphatic carbocycles. The summed E-state index contributed by atoms with van der Waals surface area (Å²) in [4.78, 5) is 4.20. The molecule has 0 bridgehead atoms. The molecule has 0 aliphatic rings. The standard InChI is InChI=1S/C23H34N2O4/c1-24(2)13-8-14-28-22-12-11-19(15-23(22)27-4)16-25(3)17-20(26)18-29-21-9-6-5-7-10-21/h5-7,9-12,15,20,26H,8,13-14,16-18H2,1-4H3. The summed E-state index contributed by atoms with van der Waals surface area (Å²) in [5.41, 5.74) is 1.10. The number of aliphatic hydroxyl groups is 1. The van der Waals surface area contributed by atoms with E-state index in [0.717, 1.165) is 35.8 Å². The Morgan fingerprint density at radius 3 is 2.41 bits per heavy atom. The van der Waals surface area contributed by atoms with Crippen LogP contribution in [0.15, 0.2) is 48.5 Å². The number of benzene rings is 2. The molecular formula is C23H34N2O4. The van der Waals surface area contributed by atoms with E-state index < -0.39 is 6.10 Å². The molecule has 2 aromatic carbocycles. The van der Waals surface area contributed by atoms with Crippen LogP contribution in [0.1, 0.15) is 12.0 Å². The quantitative estimate of drug-likeness (QED) is 0.520. The summed E-state index contributed by atoms with van der Waals surface area (Å²) >= 11 is 0. The highest BCUT2D eigenvalue weighted by molar-refractivity contribution is 5.43.